The highest BCUT2D eigenvalue weighted by Crippen LogP contribution is 2.46. The maximum Gasteiger partial charge on any atom is 0.309 e. The average Bonchev–Trinajstić information content (AvgIpc) is 2.49. The lowest BCUT2D eigenvalue weighted by molar-refractivity contribution is -0.151. The molecule has 0 amide bonds. The maximum atomic E-state index is 11.3. The van der Waals surface area contributed by atoms with Gasteiger partial charge in [0, 0.05) is 6.42 Å². The third-order valence-corrected chi connectivity index (χ3v) is 3.50. The second-order valence-corrected chi connectivity index (χ2v) is 4.18. The number of hydrogen-bond acceptors (Lipinski definition) is 1. The standard InChI is InChI=1S/C12H18O2/c1-3-4-5-8-12(11(13)14)9-6-7-10(12)2/h10H,5-9H2,1-2H3,(H,13,14). The van der Waals surface area contributed by atoms with Crippen LogP contribution in [0.25, 0.3) is 0 Å². The molecule has 14 heavy (non-hydrogen) atoms. The van der Waals surface area contributed by atoms with Crippen molar-refractivity contribution in [2.45, 2.75) is 46.0 Å². The van der Waals surface area contributed by atoms with E-state index in [2.05, 4.69) is 18.8 Å². The molecular formula is C12H18O2. The first kappa shape index (κ1) is 11.1. The molecule has 0 heterocycles. The topological polar surface area (TPSA) is 37.3 Å². The van der Waals surface area contributed by atoms with Crippen LogP contribution in [0.4, 0.5) is 0 Å². The minimum absolute atomic E-state index is 0.304. The summed E-state index contributed by atoms with van der Waals surface area (Å²) < 4.78 is 0. The molecule has 78 valence electrons. The Morgan fingerprint density at radius 1 is 1.64 bits per heavy atom. The highest BCUT2D eigenvalue weighted by molar-refractivity contribution is 5.75. The van der Waals surface area contributed by atoms with Crippen LogP contribution in [-0.4, -0.2) is 11.1 Å². The van der Waals surface area contributed by atoms with Crippen molar-refractivity contribution >= 4 is 5.97 Å². The molecule has 0 saturated heterocycles. The molecule has 1 saturated carbocycles. The van der Waals surface area contributed by atoms with E-state index in [9.17, 15) is 9.90 Å². The van der Waals surface area contributed by atoms with Gasteiger partial charge < -0.3 is 5.11 Å². The Kier molecular flexibility index (Phi) is 3.57. The number of carbonyl (C=O) groups is 1. The van der Waals surface area contributed by atoms with Crippen molar-refractivity contribution in [3.63, 3.8) is 0 Å². The first-order chi connectivity index (χ1) is 6.63. The second kappa shape index (κ2) is 4.50. The molecule has 0 aromatic heterocycles. The van der Waals surface area contributed by atoms with Gasteiger partial charge in [-0.25, -0.2) is 0 Å². The Balaban J connectivity index is 2.70. The Morgan fingerprint density at radius 3 is 2.79 bits per heavy atom. The summed E-state index contributed by atoms with van der Waals surface area (Å²) in [5, 5.41) is 9.29. The molecule has 0 radical (unpaired) electrons. The van der Waals surface area contributed by atoms with Gasteiger partial charge in [-0.3, -0.25) is 4.79 Å². The molecule has 1 rings (SSSR count). The highest BCUT2D eigenvalue weighted by Gasteiger charge is 2.46. The Bertz CT molecular complexity index is 272. The van der Waals surface area contributed by atoms with Crippen LogP contribution in [-0.2, 0) is 4.79 Å². The molecule has 0 aromatic carbocycles. The van der Waals surface area contributed by atoms with Crippen molar-refractivity contribution in [3.8, 4) is 11.8 Å². The zero-order valence-corrected chi connectivity index (χ0v) is 8.97. The predicted octanol–water partition coefficient (Wildman–Crippen LogP) is 2.68. The van der Waals surface area contributed by atoms with Gasteiger partial charge in [0.05, 0.1) is 5.41 Å². The van der Waals surface area contributed by atoms with E-state index in [1.807, 2.05) is 0 Å². The van der Waals surface area contributed by atoms with Crippen molar-refractivity contribution < 1.29 is 9.90 Å². The van der Waals surface area contributed by atoms with Crippen LogP contribution in [0.15, 0.2) is 0 Å². The van der Waals surface area contributed by atoms with Crippen molar-refractivity contribution in [1.29, 1.82) is 0 Å². The third kappa shape index (κ3) is 1.92. The molecule has 0 bridgehead atoms. The lowest BCUT2D eigenvalue weighted by Gasteiger charge is -2.28. The molecule has 2 nitrogen and oxygen atoms in total. The van der Waals surface area contributed by atoms with E-state index >= 15 is 0 Å². The van der Waals surface area contributed by atoms with Crippen molar-refractivity contribution in [2.24, 2.45) is 11.3 Å². The lowest BCUT2D eigenvalue weighted by atomic mass is 9.75. The van der Waals surface area contributed by atoms with Crippen molar-refractivity contribution in [1.82, 2.24) is 0 Å². The summed E-state index contributed by atoms with van der Waals surface area (Å²) in [6.07, 6.45) is 4.35. The largest absolute Gasteiger partial charge is 0.481 e. The van der Waals surface area contributed by atoms with Crippen LogP contribution >= 0.6 is 0 Å². The summed E-state index contributed by atoms with van der Waals surface area (Å²) in [7, 11) is 0. The average molecular weight is 194 g/mol. The summed E-state index contributed by atoms with van der Waals surface area (Å²) in [6, 6.07) is 0. The van der Waals surface area contributed by atoms with Crippen LogP contribution in [0.5, 0.6) is 0 Å². The smallest absolute Gasteiger partial charge is 0.309 e. The number of hydrogen-bond donors (Lipinski definition) is 1. The number of carboxylic acids is 1. The first-order valence-electron chi connectivity index (χ1n) is 5.26. The van der Waals surface area contributed by atoms with Crippen LogP contribution in [0.1, 0.15) is 46.0 Å². The van der Waals surface area contributed by atoms with Crippen molar-refractivity contribution in [3.05, 3.63) is 0 Å². The molecule has 1 aliphatic carbocycles. The fraction of sp³-hybridized carbons (Fsp3) is 0.750. The van der Waals surface area contributed by atoms with E-state index < -0.39 is 11.4 Å². The molecule has 2 unspecified atom stereocenters. The summed E-state index contributed by atoms with van der Waals surface area (Å²) >= 11 is 0. The summed E-state index contributed by atoms with van der Waals surface area (Å²) in [6.45, 7) is 3.85. The second-order valence-electron chi connectivity index (χ2n) is 4.18. The van der Waals surface area contributed by atoms with Gasteiger partial charge in [0.1, 0.15) is 0 Å². The number of aliphatic carboxylic acids is 1. The summed E-state index contributed by atoms with van der Waals surface area (Å²) in [5.74, 6) is 5.46. The molecule has 1 N–H and O–H groups in total. The third-order valence-electron chi connectivity index (χ3n) is 3.50. The fourth-order valence-electron chi connectivity index (χ4n) is 2.45. The van der Waals surface area contributed by atoms with E-state index in [-0.39, 0.29) is 0 Å². The Labute approximate surface area is 85.7 Å². The monoisotopic (exact) mass is 194 g/mol. The first-order valence-corrected chi connectivity index (χ1v) is 5.26. The van der Waals surface area contributed by atoms with E-state index in [0.717, 1.165) is 19.3 Å². The fourth-order valence-corrected chi connectivity index (χ4v) is 2.45. The SMILES string of the molecule is CC#CCCC1(C(=O)O)CCCC1C. The Morgan fingerprint density at radius 2 is 2.36 bits per heavy atom. The molecule has 1 aliphatic rings. The van der Waals surface area contributed by atoms with Gasteiger partial charge >= 0.3 is 5.97 Å². The van der Waals surface area contributed by atoms with Gasteiger partial charge in [0.2, 0.25) is 0 Å². The van der Waals surface area contributed by atoms with E-state index in [0.29, 0.717) is 18.8 Å². The molecular weight excluding hydrogens is 176 g/mol. The quantitative estimate of drug-likeness (QED) is 0.701. The maximum absolute atomic E-state index is 11.3. The molecule has 2 heteroatoms. The zero-order chi connectivity index (χ0) is 10.6. The van der Waals surface area contributed by atoms with E-state index in [1.165, 1.54) is 0 Å². The van der Waals surface area contributed by atoms with E-state index in [4.69, 9.17) is 0 Å². The van der Waals surface area contributed by atoms with Gasteiger partial charge in [-0.2, -0.15) is 0 Å². The van der Waals surface area contributed by atoms with Gasteiger partial charge in [-0.05, 0) is 32.1 Å². The predicted molar refractivity (Wildman–Crippen MR) is 55.8 cm³/mol. The van der Waals surface area contributed by atoms with Crippen LogP contribution in [0.3, 0.4) is 0 Å². The molecule has 0 aromatic rings. The number of carboxylic acid groups (broad SMARTS) is 1. The van der Waals surface area contributed by atoms with Gasteiger partial charge in [-0.15, -0.1) is 11.8 Å². The molecule has 1 fully saturated rings. The normalized spacial score (nSPS) is 30.9. The molecule has 2 atom stereocenters. The minimum Gasteiger partial charge on any atom is -0.481 e. The molecule has 0 aliphatic heterocycles. The van der Waals surface area contributed by atoms with E-state index in [1.54, 1.807) is 6.92 Å². The minimum atomic E-state index is -0.625. The number of rotatable bonds is 3. The van der Waals surface area contributed by atoms with Gasteiger partial charge in [0.15, 0.2) is 0 Å². The van der Waals surface area contributed by atoms with Gasteiger partial charge in [-0.1, -0.05) is 13.3 Å². The van der Waals surface area contributed by atoms with Gasteiger partial charge in [0.25, 0.3) is 0 Å². The summed E-state index contributed by atoms with van der Waals surface area (Å²) in [5.41, 5.74) is -0.482. The van der Waals surface area contributed by atoms with Crippen molar-refractivity contribution in [2.75, 3.05) is 0 Å². The van der Waals surface area contributed by atoms with Crippen LogP contribution in [0.2, 0.25) is 0 Å². The van der Waals surface area contributed by atoms with Crippen LogP contribution < -0.4 is 0 Å². The summed E-state index contributed by atoms with van der Waals surface area (Å²) in [4.78, 5) is 11.3. The lowest BCUT2D eigenvalue weighted by Crippen LogP contribution is -2.33. The Hall–Kier alpha value is -0.970. The van der Waals surface area contributed by atoms with Crippen LogP contribution in [0, 0.1) is 23.2 Å². The zero-order valence-electron chi connectivity index (χ0n) is 8.97. The highest BCUT2D eigenvalue weighted by atomic mass is 16.4. The molecule has 0 spiro atoms.